The van der Waals surface area contributed by atoms with E-state index in [1.165, 1.54) is 12.1 Å². The number of hydrogen-bond donors (Lipinski definition) is 1. The maximum atomic E-state index is 13.2. The average Bonchev–Trinajstić information content (AvgIpc) is 2.70. The summed E-state index contributed by atoms with van der Waals surface area (Å²) in [6.07, 6.45) is 1.40. The molecule has 0 fully saturated rings. The molecule has 0 aromatic heterocycles. The Morgan fingerprint density at radius 3 is 2.14 bits per heavy atom. The van der Waals surface area contributed by atoms with Gasteiger partial charge in [0.2, 0.25) is 11.8 Å². The molecule has 1 N–H and O–H groups in total. The van der Waals surface area contributed by atoms with Gasteiger partial charge in [-0.2, -0.15) is 0 Å². The van der Waals surface area contributed by atoms with Crippen molar-refractivity contribution in [3.05, 3.63) is 70.5 Å². The Morgan fingerprint density at radius 2 is 1.59 bits per heavy atom. The van der Waals surface area contributed by atoms with Crippen molar-refractivity contribution >= 4 is 23.4 Å². The van der Waals surface area contributed by atoms with Crippen molar-refractivity contribution in [2.75, 3.05) is 0 Å². The van der Waals surface area contributed by atoms with E-state index in [1.807, 2.05) is 32.9 Å². The second-order valence-corrected chi connectivity index (χ2v) is 7.63. The monoisotopic (exact) mass is 418 g/mol. The van der Waals surface area contributed by atoms with E-state index in [-0.39, 0.29) is 30.1 Å². The Balaban J connectivity index is 2.26. The lowest BCUT2D eigenvalue weighted by Gasteiger charge is -2.31. The fourth-order valence-electron chi connectivity index (χ4n) is 3.03. The normalized spacial score (nSPS) is 12.9. The van der Waals surface area contributed by atoms with Gasteiger partial charge in [-0.1, -0.05) is 49.7 Å². The molecule has 4 nitrogen and oxygen atoms in total. The highest BCUT2D eigenvalue weighted by molar-refractivity contribution is 6.30. The van der Waals surface area contributed by atoms with Gasteiger partial charge < -0.3 is 10.2 Å². The van der Waals surface area contributed by atoms with Crippen LogP contribution in [0.1, 0.15) is 44.7 Å². The highest BCUT2D eigenvalue weighted by Gasteiger charge is 2.29. The summed E-state index contributed by atoms with van der Waals surface area (Å²) < 4.78 is 13.2. The minimum atomic E-state index is -0.590. The van der Waals surface area contributed by atoms with Crippen molar-refractivity contribution in [1.29, 1.82) is 0 Å². The summed E-state index contributed by atoms with van der Waals surface area (Å²) in [5.41, 5.74) is 1.59. The van der Waals surface area contributed by atoms with Crippen LogP contribution in [0.5, 0.6) is 0 Å². The van der Waals surface area contributed by atoms with Gasteiger partial charge in [0.1, 0.15) is 11.9 Å². The maximum Gasteiger partial charge on any atom is 0.243 e. The molecule has 0 saturated carbocycles. The van der Waals surface area contributed by atoms with E-state index >= 15 is 0 Å². The predicted octanol–water partition coefficient (Wildman–Crippen LogP) is 4.74. The number of carbonyl (C=O) groups is 2. The third-order valence-electron chi connectivity index (χ3n) is 4.92. The molecule has 0 heterocycles. The standard InChI is InChI=1S/C23H28ClFN2O2/c1-4-16(3)26-23(29)21(5-2)27(15-18-6-10-19(24)11-7-18)22(28)14-17-8-12-20(25)13-9-17/h6-13,16,21H,4-5,14-15H2,1-3H3,(H,26,29)/t16-,21-/m1/s1. The number of nitrogens with one attached hydrogen (secondary N) is 1. The molecular formula is C23H28ClFN2O2. The van der Waals surface area contributed by atoms with Crippen molar-refractivity contribution in [3.63, 3.8) is 0 Å². The summed E-state index contributed by atoms with van der Waals surface area (Å²) in [6, 6.07) is 12.5. The Kier molecular flexibility index (Phi) is 8.65. The lowest BCUT2D eigenvalue weighted by molar-refractivity contribution is -0.141. The zero-order valence-corrected chi connectivity index (χ0v) is 17.9. The van der Waals surface area contributed by atoms with Crippen LogP contribution in [0.4, 0.5) is 4.39 Å². The van der Waals surface area contributed by atoms with Gasteiger partial charge in [-0.05, 0) is 55.2 Å². The Hall–Kier alpha value is -2.40. The van der Waals surface area contributed by atoms with Gasteiger partial charge >= 0.3 is 0 Å². The van der Waals surface area contributed by atoms with Crippen LogP contribution in [0.3, 0.4) is 0 Å². The summed E-state index contributed by atoms with van der Waals surface area (Å²) in [5, 5.41) is 3.59. The first-order valence-corrected chi connectivity index (χ1v) is 10.3. The molecule has 0 radical (unpaired) electrons. The van der Waals surface area contributed by atoms with E-state index in [4.69, 9.17) is 11.6 Å². The van der Waals surface area contributed by atoms with Crippen LogP contribution in [0.2, 0.25) is 5.02 Å². The molecule has 0 aliphatic heterocycles. The Bertz CT molecular complexity index is 809. The van der Waals surface area contributed by atoms with Gasteiger partial charge in [0, 0.05) is 17.6 Å². The molecule has 0 aliphatic rings. The molecule has 0 saturated heterocycles. The van der Waals surface area contributed by atoms with Crippen molar-refractivity contribution < 1.29 is 14.0 Å². The summed E-state index contributed by atoms with van der Waals surface area (Å²) in [4.78, 5) is 27.6. The van der Waals surface area contributed by atoms with Gasteiger partial charge in [-0.3, -0.25) is 9.59 Å². The summed E-state index contributed by atoms with van der Waals surface area (Å²) in [6.45, 7) is 6.12. The molecular weight excluding hydrogens is 391 g/mol. The minimum Gasteiger partial charge on any atom is -0.352 e. The van der Waals surface area contributed by atoms with Crippen LogP contribution >= 0.6 is 11.6 Å². The van der Waals surface area contributed by atoms with Crippen molar-refractivity contribution in [1.82, 2.24) is 10.2 Å². The fraction of sp³-hybridized carbons (Fsp3) is 0.391. The Labute approximate surface area is 177 Å². The smallest absolute Gasteiger partial charge is 0.243 e. The van der Waals surface area contributed by atoms with Crippen LogP contribution in [-0.4, -0.2) is 28.8 Å². The van der Waals surface area contributed by atoms with Gasteiger partial charge in [0.25, 0.3) is 0 Å². The largest absolute Gasteiger partial charge is 0.352 e. The van der Waals surface area contributed by atoms with Gasteiger partial charge in [-0.15, -0.1) is 0 Å². The van der Waals surface area contributed by atoms with Crippen LogP contribution in [0.25, 0.3) is 0 Å². The Morgan fingerprint density at radius 1 is 1.00 bits per heavy atom. The molecule has 156 valence electrons. The van der Waals surface area contributed by atoms with E-state index in [0.29, 0.717) is 23.6 Å². The number of rotatable bonds is 9. The molecule has 0 spiro atoms. The summed E-state index contributed by atoms with van der Waals surface area (Å²) >= 11 is 5.97. The number of benzene rings is 2. The second kappa shape index (κ2) is 11.0. The van der Waals surface area contributed by atoms with Crippen molar-refractivity contribution in [2.24, 2.45) is 0 Å². The number of hydrogen-bond acceptors (Lipinski definition) is 2. The topological polar surface area (TPSA) is 49.4 Å². The van der Waals surface area contributed by atoms with Crippen LogP contribution in [0, 0.1) is 5.82 Å². The highest BCUT2D eigenvalue weighted by Crippen LogP contribution is 2.17. The molecule has 0 aliphatic carbocycles. The lowest BCUT2D eigenvalue weighted by Crippen LogP contribution is -2.51. The lowest BCUT2D eigenvalue weighted by atomic mass is 10.1. The van der Waals surface area contributed by atoms with Crippen molar-refractivity contribution in [3.8, 4) is 0 Å². The van der Waals surface area contributed by atoms with E-state index in [2.05, 4.69) is 5.32 Å². The maximum absolute atomic E-state index is 13.2. The zero-order valence-electron chi connectivity index (χ0n) is 17.1. The van der Waals surface area contributed by atoms with E-state index in [0.717, 1.165) is 12.0 Å². The molecule has 6 heteroatoms. The zero-order chi connectivity index (χ0) is 21.4. The number of halogens is 2. The van der Waals surface area contributed by atoms with Crippen molar-refractivity contribution in [2.45, 2.75) is 58.7 Å². The number of carbonyl (C=O) groups excluding carboxylic acids is 2. The quantitative estimate of drug-likeness (QED) is 0.639. The fourth-order valence-corrected chi connectivity index (χ4v) is 3.15. The second-order valence-electron chi connectivity index (χ2n) is 7.19. The third kappa shape index (κ3) is 6.86. The van der Waals surface area contributed by atoms with Crippen LogP contribution < -0.4 is 5.32 Å². The van der Waals surface area contributed by atoms with E-state index in [1.54, 1.807) is 29.2 Å². The molecule has 2 aromatic rings. The van der Waals surface area contributed by atoms with E-state index < -0.39 is 6.04 Å². The molecule has 29 heavy (non-hydrogen) atoms. The first kappa shape index (κ1) is 22.9. The van der Waals surface area contributed by atoms with Crippen LogP contribution in [-0.2, 0) is 22.6 Å². The molecule has 2 amide bonds. The number of nitrogens with zero attached hydrogens (tertiary/aromatic N) is 1. The first-order chi connectivity index (χ1) is 13.8. The van der Waals surface area contributed by atoms with Gasteiger partial charge in [0.15, 0.2) is 0 Å². The minimum absolute atomic E-state index is 0.0288. The summed E-state index contributed by atoms with van der Waals surface area (Å²) in [5.74, 6) is -0.695. The third-order valence-corrected chi connectivity index (χ3v) is 5.17. The van der Waals surface area contributed by atoms with Gasteiger partial charge in [-0.25, -0.2) is 4.39 Å². The SMILES string of the molecule is CC[C@@H](C)NC(=O)[C@@H](CC)N(Cc1ccc(Cl)cc1)C(=O)Cc1ccc(F)cc1. The highest BCUT2D eigenvalue weighted by atomic mass is 35.5. The first-order valence-electron chi connectivity index (χ1n) is 9.92. The molecule has 0 bridgehead atoms. The van der Waals surface area contributed by atoms with Gasteiger partial charge in [0.05, 0.1) is 6.42 Å². The van der Waals surface area contributed by atoms with E-state index in [9.17, 15) is 14.0 Å². The summed E-state index contributed by atoms with van der Waals surface area (Å²) in [7, 11) is 0. The molecule has 0 unspecified atom stereocenters. The predicted molar refractivity (Wildman–Crippen MR) is 114 cm³/mol. The number of amides is 2. The molecule has 2 atom stereocenters. The van der Waals surface area contributed by atoms with Crippen LogP contribution in [0.15, 0.2) is 48.5 Å². The molecule has 2 aromatic carbocycles. The molecule has 2 rings (SSSR count). The average molecular weight is 419 g/mol.